The van der Waals surface area contributed by atoms with Crippen LogP contribution in [0, 0.1) is 5.92 Å². The number of rotatable bonds is 2. The molecule has 3 unspecified atom stereocenters. The fourth-order valence-electron chi connectivity index (χ4n) is 4.58. The predicted molar refractivity (Wildman–Crippen MR) is 97.6 cm³/mol. The summed E-state index contributed by atoms with van der Waals surface area (Å²) in [5, 5.41) is 13.2. The van der Waals surface area contributed by atoms with Crippen LogP contribution in [0.1, 0.15) is 46.6 Å². The predicted octanol–water partition coefficient (Wildman–Crippen LogP) is 3.33. The number of fused-ring (bicyclic) bond motifs is 3. The summed E-state index contributed by atoms with van der Waals surface area (Å²) in [5.74, 6) is 0.895. The van der Waals surface area contributed by atoms with Crippen molar-refractivity contribution in [1.29, 1.82) is 0 Å². The first-order chi connectivity index (χ1) is 13.1. The molecule has 3 atom stereocenters. The molecule has 4 heterocycles. The average molecular weight is 367 g/mol. The molecule has 2 saturated heterocycles. The van der Waals surface area contributed by atoms with Crippen molar-refractivity contribution in [3.05, 3.63) is 53.5 Å². The van der Waals surface area contributed by atoms with E-state index in [1.807, 2.05) is 35.2 Å². The number of nitrogens with zero attached hydrogens (tertiary/aromatic N) is 2. The van der Waals surface area contributed by atoms with Crippen LogP contribution in [0.15, 0.2) is 41.0 Å². The summed E-state index contributed by atoms with van der Waals surface area (Å²) in [6.45, 7) is 2.07. The highest BCUT2D eigenvalue weighted by Crippen LogP contribution is 2.51. The average Bonchev–Trinajstić information content (AvgIpc) is 3.29. The molecule has 140 valence electrons. The summed E-state index contributed by atoms with van der Waals surface area (Å²) in [6, 6.07) is 9.00. The van der Waals surface area contributed by atoms with E-state index in [1.54, 1.807) is 6.26 Å². The maximum absolute atomic E-state index is 12.6. The molecule has 1 aromatic carbocycles. The number of nitrogens with one attached hydrogen (secondary N) is 1. The zero-order valence-corrected chi connectivity index (χ0v) is 14.8. The number of carbonyl (C=O) groups excluding carboxylic acids is 1. The SMILES string of the molecule is O=C(c1ccc2c(c1)C1C(CCN1C(=O)O)C(c1ccco1)N2)N1CCC1. The smallest absolute Gasteiger partial charge is 0.407 e. The standard InChI is InChI=1S/C20H21N3O4/c24-19(22-7-2-8-22)12-4-5-15-14(11-12)18-13(6-9-23(18)20(25)26)17(21-15)16-3-1-10-27-16/h1,3-5,10-11,13,17-18,21H,2,6-9H2,(H,25,26). The summed E-state index contributed by atoms with van der Waals surface area (Å²) < 4.78 is 5.62. The molecule has 3 aliphatic rings. The van der Waals surface area contributed by atoms with Crippen molar-refractivity contribution in [2.24, 2.45) is 5.92 Å². The maximum atomic E-state index is 12.6. The van der Waals surface area contributed by atoms with Crippen molar-refractivity contribution in [2.45, 2.75) is 24.9 Å². The molecule has 0 aliphatic carbocycles. The number of benzene rings is 1. The molecular formula is C20H21N3O4. The Hall–Kier alpha value is -2.96. The van der Waals surface area contributed by atoms with E-state index >= 15 is 0 Å². The number of hydrogen-bond donors (Lipinski definition) is 2. The molecule has 0 bridgehead atoms. The second-order valence-electron chi connectivity index (χ2n) is 7.46. The van der Waals surface area contributed by atoms with Crippen molar-refractivity contribution in [1.82, 2.24) is 9.80 Å². The van der Waals surface area contributed by atoms with Crippen molar-refractivity contribution in [3.63, 3.8) is 0 Å². The lowest BCUT2D eigenvalue weighted by atomic mass is 9.81. The molecule has 5 rings (SSSR count). The Labute approximate surface area is 156 Å². The highest BCUT2D eigenvalue weighted by molar-refractivity contribution is 5.95. The van der Waals surface area contributed by atoms with Gasteiger partial charge in [-0.1, -0.05) is 0 Å². The Balaban J connectivity index is 1.57. The van der Waals surface area contributed by atoms with Gasteiger partial charge in [-0.05, 0) is 48.7 Å². The van der Waals surface area contributed by atoms with Gasteiger partial charge < -0.3 is 24.6 Å². The zero-order chi connectivity index (χ0) is 18.5. The van der Waals surface area contributed by atoms with Gasteiger partial charge in [0.1, 0.15) is 5.76 Å². The normalized spacial score (nSPS) is 26.0. The Morgan fingerprint density at radius 1 is 1.19 bits per heavy atom. The van der Waals surface area contributed by atoms with Gasteiger partial charge in [0.05, 0.1) is 18.3 Å². The zero-order valence-electron chi connectivity index (χ0n) is 14.8. The molecule has 0 radical (unpaired) electrons. The van der Waals surface area contributed by atoms with Crippen molar-refractivity contribution < 1.29 is 19.1 Å². The van der Waals surface area contributed by atoms with Gasteiger partial charge >= 0.3 is 6.09 Å². The fraction of sp³-hybridized carbons (Fsp3) is 0.400. The molecule has 2 aromatic rings. The Morgan fingerprint density at radius 3 is 2.70 bits per heavy atom. The first-order valence-corrected chi connectivity index (χ1v) is 9.36. The maximum Gasteiger partial charge on any atom is 0.407 e. The van der Waals surface area contributed by atoms with Gasteiger partial charge in [-0.15, -0.1) is 0 Å². The third-order valence-electron chi connectivity index (χ3n) is 6.04. The van der Waals surface area contributed by atoms with E-state index < -0.39 is 6.09 Å². The molecule has 0 saturated carbocycles. The molecular weight excluding hydrogens is 346 g/mol. The molecule has 2 fully saturated rings. The van der Waals surface area contributed by atoms with Gasteiger partial charge in [0.2, 0.25) is 0 Å². The van der Waals surface area contributed by atoms with Crippen LogP contribution in [0.3, 0.4) is 0 Å². The van der Waals surface area contributed by atoms with Gasteiger partial charge in [0, 0.05) is 36.8 Å². The number of hydrogen-bond acceptors (Lipinski definition) is 4. The summed E-state index contributed by atoms with van der Waals surface area (Å²) >= 11 is 0. The minimum absolute atomic E-state index is 0.0219. The molecule has 0 spiro atoms. The molecule has 3 aliphatic heterocycles. The van der Waals surface area contributed by atoms with Crippen molar-refractivity contribution >= 4 is 17.7 Å². The van der Waals surface area contributed by atoms with E-state index in [4.69, 9.17) is 4.42 Å². The van der Waals surface area contributed by atoms with E-state index in [0.29, 0.717) is 12.1 Å². The van der Waals surface area contributed by atoms with Crippen LogP contribution in [0.4, 0.5) is 10.5 Å². The van der Waals surface area contributed by atoms with Gasteiger partial charge in [-0.25, -0.2) is 4.79 Å². The summed E-state index contributed by atoms with van der Waals surface area (Å²) in [6.07, 6.45) is 2.51. The lowest BCUT2D eigenvalue weighted by molar-refractivity contribution is 0.0651. The summed E-state index contributed by atoms with van der Waals surface area (Å²) in [4.78, 5) is 27.8. The topological polar surface area (TPSA) is 86.0 Å². The Kier molecular flexibility index (Phi) is 3.63. The third-order valence-corrected chi connectivity index (χ3v) is 6.04. The van der Waals surface area contributed by atoms with Crippen LogP contribution in [0.2, 0.25) is 0 Å². The molecule has 7 heteroatoms. The number of anilines is 1. The van der Waals surface area contributed by atoms with E-state index in [2.05, 4.69) is 5.32 Å². The van der Waals surface area contributed by atoms with Gasteiger partial charge in [-0.3, -0.25) is 4.79 Å². The molecule has 1 aromatic heterocycles. The van der Waals surface area contributed by atoms with Gasteiger partial charge in [0.15, 0.2) is 0 Å². The largest absolute Gasteiger partial charge is 0.467 e. The Bertz CT molecular complexity index is 891. The molecule has 2 amide bonds. The first kappa shape index (κ1) is 16.2. The number of carboxylic acid groups (broad SMARTS) is 1. The highest BCUT2D eigenvalue weighted by Gasteiger charge is 2.47. The first-order valence-electron chi connectivity index (χ1n) is 9.36. The van der Waals surface area contributed by atoms with E-state index in [9.17, 15) is 14.7 Å². The van der Waals surface area contributed by atoms with Gasteiger partial charge in [-0.2, -0.15) is 0 Å². The molecule has 2 N–H and O–H groups in total. The monoisotopic (exact) mass is 367 g/mol. The van der Waals surface area contributed by atoms with E-state index in [-0.39, 0.29) is 23.9 Å². The van der Waals surface area contributed by atoms with Crippen LogP contribution in [0.5, 0.6) is 0 Å². The quantitative estimate of drug-likeness (QED) is 0.850. The number of furan rings is 1. The lowest BCUT2D eigenvalue weighted by Crippen LogP contribution is -2.42. The van der Waals surface area contributed by atoms with Crippen LogP contribution < -0.4 is 5.32 Å². The second-order valence-corrected chi connectivity index (χ2v) is 7.46. The highest BCUT2D eigenvalue weighted by atomic mass is 16.4. The van der Waals surface area contributed by atoms with Crippen LogP contribution in [0.25, 0.3) is 0 Å². The summed E-state index contributed by atoms with van der Waals surface area (Å²) in [5.41, 5.74) is 2.38. The summed E-state index contributed by atoms with van der Waals surface area (Å²) in [7, 11) is 0. The van der Waals surface area contributed by atoms with E-state index in [1.165, 1.54) is 4.90 Å². The number of likely N-dealkylation sites (tertiary alicyclic amines) is 2. The van der Waals surface area contributed by atoms with Crippen LogP contribution in [-0.4, -0.2) is 46.5 Å². The van der Waals surface area contributed by atoms with E-state index in [0.717, 1.165) is 42.9 Å². The number of amides is 2. The molecule has 7 nitrogen and oxygen atoms in total. The fourth-order valence-corrected chi connectivity index (χ4v) is 4.58. The van der Waals surface area contributed by atoms with Crippen molar-refractivity contribution in [3.8, 4) is 0 Å². The lowest BCUT2D eigenvalue weighted by Gasteiger charge is -2.38. The third kappa shape index (κ3) is 2.49. The van der Waals surface area contributed by atoms with Crippen LogP contribution in [-0.2, 0) is 0 Å². The van der Waals surface area contributed by atoms with Gasteiger partial charge in [0.25, 0.3) is 5.91 Å². The van der Waals surface area contributed by atoms with Crippen LogP contribution >= 0.6 is 0 Å². The minimum Gasteiger partial charge on any atom is -0.467 e. The molecule has 27 heavy (non-hydrogen) atoms. The second kappa shape index (κ2) is 6.04. The Morgan fingerprint density at radius 2 is 2.04 bits per heavy atom. The number of carbonyl (C=O) groups is 2. The minimum atomic E-state index is -0.923. The van der Waals surface area contributed by atoms with Crippen molar-refractivity contribution in [2.75, 3.05) is 25.0 Å².